The Morgan fingerprint density at radius 2 is 2.11 bits per heavy atom. The maximum absolute atomic E-state index is 12.3. The Hall–Kier alpha value is -2.05. The van der Waals surface area contributed by atoms with Gasteiger partial charge in [-0.25, -0.2) is 0 Å². The van der Waals surface area contributed by atoms with Crippen molar-refractivity contribution in [3.8, 4) is 6.07 Å². The SMILES string of the molecule is CCc1ccc(C(=O)C(C#N)c2ccccc2Cl)o1. The molecule has 0 spiro atoms. The summed E-state index contributed by atoms with van der Waals surface area (Å²) in [6, 6.07) is 12.2. The van der Waals surface area contributed by atoms with Gasteiger partial charge in [0, 0.05) is 11.4 Å². The first kappa shape index (κ1) is 13.4. The summed E-state index contributed by atoms with van der Waals surface area (Å²) in [5.41, 5.74) is 0.506. The van der Waals surface area contributed by atoms with Crippen LogP contribution in [0.3, 0.4) is 0 Å². The van der Waals surface area contributed by atoms with Crippen LogP contribution in [0.1, 0.15) is 34.7 Å². The number of hydrogen-bond donors (Lipinski definition) is 0. The molecule has 1 aromatic carbocycles. The van der Waals surface area contributed by atoms with Crippen LogP contribution in [0.2, 0.25) is 5.02 Å². The van der Waals surface area contributed by atoms with E-state index in [0.29, 0.717) is 17.0 Å². The third-order valence-electron chi connectivity index (χ3n) is 2.86. The molecule has 1 aromatic heterocycles. The highest BCUT2D eigenvalue weighted by atomic mass is 35.5. The quantitative estimate of drug-likeness (QED) is 0.792. The van der Waals surface area contributed by atoms with Crippen LogP contribution in [-0.2, 0) is 6.42 Å². The Labute approximate surface area is 116 Å². The molecule has 0 radical (unpaired) electrons. The van der Waals surface area contributed by atoms with E-state index in [0.717, 1.165) is 5.76 Å². The molecule has 2 rings (SSSR count). The molecule has 1 unspecified atom stereocenters. The van der Waals surface area contributed by atoms with Gasteiger partial charge in [0.1, 0.15) is 11.7 Å². The minimum atomic E-state index is -0.940. The molecule has 96 valence electrons. The van der Waals surface area contributed by atoms with E-state index in [-0.39, 0.29) is 11.5 Å². The summed E-state index contributed by atoms with van der Waals surface area (Å²) in [5.74, 6) is -0.387. The van der Waals surface area contributed by atoms with E-state index in [1.165, 1.54) is 0 Å². The smallest absolute Gasteiger partial charge is 0.219 e. The van der Waals surface area contributed by atoms with Crippen molar-refractivity contribution in [2.45, 2.75) is 19.3 Å². The van der Waals surface area contributed by atoms with Crippen LogP contribution in [0.25, 0.3) is 0 Å². The van der Waals surface area contributed by atoms with Crippen LogP contribution in [-0.4, -0.2) is 5.78 Å². The second-order valence-corrected chi connectivity index (χ2v) is 4.47. The minimum absolute atomic E-state index is 0.198. The zero-order valence-corrected chi connectivity index (χ0v) is 11.1. The van der Waals surface area contributed by atoms with Crippen LogP contribution in [0.4, 0.5) is 0 Å². The minimum Gasteiger partial charge on any atom is -0.458 e. The summed E-state index contributed by atoms with van der Waals surface area (Å²) >= 11 is 6.03. The Morgan fingerprint density at radius 1 is 1.37 bits per heavy atom. The number of rotatable bonds is 4. The number of Topliss-reactive ketones (excluding diaryl/α,β-unsaturated/α-hetero) is 1. The zero-order chi connectivity index (χ0) is 13.8. The summed E-state index contributed by atoms with van der Waals surface area (Å²) in [6.45, 7) is 1.93. The molecule has 0 aliphatic rings. The van der Waals surface area contributed by atoms with Gasteiger partial charge in [-0.05, 0) is 23.8 Å². The van der Waals surface area contributed by atoms with Gasteiger partial charge in [-0.3, -0.25) is 4.79 Å². The lowest BCUT2D eigenvalue weighted by Gasteiger charge is -2.08. The fraction of sp³-hybridized carbons (Fsp3) is 0.200. The number of hydrogen-bond acceptors (Lipinski definition) is 3. The summed E-state index contributed by atoms with van der Waals surface area (Å²) in [7, 11) is 0. The molecular formula is C15H12ClNO2. The molecule has 19 heavy (non-hydrogen) atoms. The van der Waals surface area contributed by atoms with E-state index in [1.54, 1.807) is 36.4 Å². The lowest BCUT2D eigenvalue weighted by atomic mass is 9.95. The van der Waals surface area contributed by atoms with Gasteiger partial charge in [-0.2, -0.15) is 5.26 Å². The number of ketones is 1. The topological polar surface area (TPSA) is 54.0 Å². The maximum atomic E-state index is 12.3. The van der Waals surface area contributed by atoms with Gasteiger partial charge in [0.15, 0.2) is 5.76 Å². The average Bonchev–Trinajstić information content (AvgIpc) is 2.90. The molecule has 0 saturated carbocycles. The van der Waals surface area contributed by atoms with Crippen molar-refractivity contribution in [1.82, 2.24) is 0 Å². The highest BCUT2D eigenvalue weighted by Gasteiger charge is 2.26. The molecular weight excluding hydrogens is 262 g/mol. The molecule has 0 bridgehead atoms. The van der Waals surface area contributed by atoms with Gasteiger partial charge in [0.25, 0.3) is 0 Å². The number of furan rings is 1. The third kappa shape index (κ3) is 2.69. The molecule has 4 heteroatoms. The van der Waals surface area contributed by atoms with Crippen LogP contribution in [0.5, 0.6) is 0 Å². The monoisotopic (exact) mass is 273 g/mol. The van der Waals surface area contributed by atoms with E-state index >= 15 is 0 Å². The van der Waals surface area contributed by atoms with E-state index in [2.05, 4.69) is 0 Å². The van der Waals surface area contributed by atoms with Gasteiger partial charge in [0.2, 0.25) is 5.78 Å². The number of aryl methyl sites for hydroxylation is 1. The van der Waals surface area contributed by atoms with Crippen molar-refractivity contribution in [1.29, 1.82) is 5.26 Å². The number of carbonyl (C=O) groups excluding carboxylic acids is 1. The van der Waals surface area contributed by atoms with Crippen molar-refractivity contribution in [3.63, 3.8) is 0 Å². The molecule has 0 amide bonds. The van der Waals surface area contributed by atoms with Gasteiger partial charge >= 0.3 is 0 Å². The molecule has 1 atom stereocenters. The number of halogens is 1. The molecule has 0 aliphatic carbocycles. The van der Waals surface area contributed by atoms with Gasteiger partial charge < -0.3 is 4.42 Å². The summed E-state index contributed by atoms with van der Waals surface area (Å²) < 4.78 is 5.40. The predicted molar refractivity (Wildman–Crippen MR) is 72.2 cm³/mol. The molecule has 0 aliphatic heterocycles. The Morgan fingerprint density at radius 3 is 2.68 bits per heavy atom. The average molecular weight is 274 g/mol. The van der Waals surface area contributed by atoms with E-state index < -0.39 is 5.92 Å². The zero-order valence-electron chi connectivity index (χ0n) is 10.4. The molecule has 0 N–H and O–H groups in total. The number of nitriles is 1. The highest BCUT2D eigenvalue weighted by molar-refractivity contribution is 6.31. The standard InChI is InChI=1S/C15H12ClNO2/c1-2-10-7-8-14(19-10)15(18)12(9-17)11-5-3-4-6-13(11)16/h3-8,12H,2H2,1H3. The largest absolute Gasteiger partial charge is 0.458 e. The van der Waals surface area contributed by atoms with Crippen LogP contribution < -0.4 is 0 Å². The Kier molecular flexibility index (Phi) is 4.03. The van der Waals surface area contributed by atoms with E-state index in [4.69, 9.17) is 16.0 Å². The highest BCUT2D eigenvalue weighted by Crippen LogP contribution is 2.27. The normalized spacial score (nSPS) is 11.8. The molecule has 3 nitrogen and oxygen atoms in total. The van der Waals surface area contributed by atoms with Crippen LogP contribution >= 0.6 is 11.6 Å². The second kappa shape index (κ2) is 5.73. The van der Waals surface area contributed by atoms with Crippen molar-refractivity contribution >= 4 is 17.4 Å². The molecule has 1 heterocycles. The Bertz CT molecular complexity index is 640. The second-order valence-electron chi connectivity index (χ2n) is 4.07. The van der Waals surface area contributed by atoms with Crippen molar-refractivity contribution < 1.29 is 9.21 Å². The van der Waals surface area contributed by atoms with E-state index in [1.807, 2.05) is 13.0 Å². The maximum Gasteiger partial charge on any atom is 0.219 e. The van der Waals surface area contributed by atoms with Gasteiger partial charge in [-0.15, -0.1) is 0 Å². The first-order chi connectivity index (χ1) is 9.17. The fourth-order valence-electron chi connectivity index (χ4n) is 1.82. The number of carbonyl (C=O) groups is 1. The number of nitrogens with zero attached hydrogens (tertiary/aromatic N) is 1. The summed E-state index contributed by atoms with van der Waals surface area (Å²) in [5, 5.41) is 9.64. The first-order valence-electron chi connectivity index (χ1n) is 5.94. The van der Waals surface area contributed by atoms with Crippen molar-refractivity contribution in [2.24, 2.45) is 0 Å². The van der Waals surface area contributed by atoms with E-state index in [9.17, 15) is 10.1 Å². The molecule has 2 aromatic rings. The van der Waals surface area contributed by atoms with Crippen molar-refractivity contribution in [3.05, 3.63) is 58.5 Å². The predicted octanol–water partition coefficient (Wildman–Crippen LogP) is 3.99. The first-order valence-corrected chi connectivity index (χ1v) is 6.32. The third-order valence-corrected chi connectivity index (χ3v) is 3.20. The van der Waals surface area contributed by atoms with Crippen LogP contribution in [0.15, 0.2) is 40.8 Å². The van der Waals surface area contributed by atoms with Crippen LogP contribution in [0, 0.1) is 11.3 Å². The molecule has 0 saturated heterocycles. The lowest BCUT2D eigenvalue weighted by molar-refractivity contribution is 0.0950. The lowest BCUT2D eigenvalue weighted by Crippen LogP contribution is -2.11. The van der Waals surface area contributed by atoms with Crippen molar-refractivity contribution in [2.75, 3.05) is 0 Å². The van der Waals surface area contributed by atoms with Gasteiger partial charge in [-0.1, -0.05) is 36.7 Å². The summed E-state index contributed by atoms with van der Waals surface area (Å²) in [6.07, 6.45) is 0.705. The molecule has 0 fully saturated rings. The van der Waals surface area contributed by atoms with Gasteiger partial charge in [0.05, 0.1) is 6.07 Å². The fourth-order valence-corrected chi connectivity index (χ4v) is 2.07. The number of benzene rings is 1. The Balaban J connectivity index is 2.35. The summed E-state index contributed by atoms with van der Waals surface area (Å²) in [4.78, 5) is 12.3.